The van der Waals surface area contributed by atoms with Gasteiger partial charge in [-0.05, 0) is 24.7 Å². The van der Waals surface area contributed by atoms with Gasteiger partial charge in [-0.1, -0.05) is 27.7 Å². The normalized spacial score (nSPS) is 42.0. The lowest BCUT2D eigenvalue weighted by molar-refractivity contribution is -0.163. The van der Waals surface area contributed by atoms with E-state index in [9.17, 15) is 5.11 Å². The largest absolute Gasteiger partial charge is 0.390 e. The molecular weight excluding hydrogens is 164 g/mol. The van der Waals surface area contributed by atoms with E-state index in [0.29, 0.717) is 5.92 Å². The lowest BCUT2D eigenvalue weighted by atomic mass is 9.79. The van der Waals surface area contributed by atoms with Crippen molar-refractivity contribution in [1.29, 1.82) is 0 Å². The lowest BCUT2D eigenvalue weighted by Crippen LogP contribution is -2.46. The van der Waals surface area contributed by atoms with Gasteiger partial charge in [-0.3, -0.25) is 0 Å². The molecule has 78 valence electrons. The van der Waals surface area contributed by atoms with Gasteiger partial charge in [-0.2, -0.15) is 0 Å². The van der Waals surface area contributed by atoms with E-state index in [1.807, 2.05) is 6.92 Å². The third kappa shape index (κ3) is 2.44. The molecule has 13 heavy (non-hydrogen) atoms. The first-order valence-corrected chi connectivity index (χ1v) is 5.16. The minimum atomic E-state index is -0.293. The molecule has 0 aliphatic carbocycles. The van der Waals surface area contributed by atoms with E-state index in [0.717, 1.165) is 6.42 Å². The van der Waals surface area contributed by atoms with Crippen LogP contribution in [-0.2, 0) is 4.74 Å². The molecular formula is C11H22O2. The Kier molecular flexibility index (Phi) is 3.03. The molecule has 1 aliphatic heterocycles. The van der Waals surface area contributed by atoms with Crippen molar-refractivity contribution in [3.8, 4) is 0 Å². The van der Waals surface area contributed by atoms with E-state index < -0.39 is 0 Å². The Labute approximate surface area is 81.3 Å². The first-order valence-electron chi connectivity index (χ1n) is 5.16. The molecule has 1 aliphatic rings. The molecule has 0 saturated carbocycles. The third-order valence-corrected chi connectivity index (χ3v) is 2.99. The molecule has 0 bridgehead atoms. The SMILES string of the molecule is CC1O[C@H](C(C)(C)C)C[C@@H](C)C1O. The molecule has 0 spiro atoms. The Morgan fingerprint density at radius 3 is 2.15 bits per heavy atom. The zero-order chi connectivity index (χ0) is 10.2. The summed E-state index contributed by atoms with van der Waals surface area (Å²) in [4.78, 5) is 0. The van der Waals surface area contributed by atoms with Crippen LogP contribution >= 0.6 is 0 Å². The van der Waals surface area contributed by atoms with Crippen LogP contribution in [0.4, 0.5) is 0 Å². The summed E-state index contributed by atoms with van der Waals surface area (Å²) in [5, 5.41) is 9.70. The molecule has 1 saturated heterocycles. The van der Waals surface area contributed by atoms with E-state index in [1.165, 1.54) is 0 Å². The Hall–Kier alpha value is -0.0800. The van der Waals surface area contributed by atoms with Crippen molar-refractivity contribution in [2.75, 3.05) is 0 Å². The number of rotatable bonds is 0. The highest BCUT2D eigenvalue weighted by Gasteiger charge is 2.37. The van der Waals surface area contributed by atoms with E-state index in [1.54, 1.807) is 0 Å². The molecule has 4 atom stereocenters. The summed E-state index contributed by atoms with van der Waals surface area (Å²) >= 11 is 0. The van der Waals surface area contributed by atoms with Gasteiger partial charge in [-0.25, -0.2) is 0 Å². The summed E-state index contributed by atoms with van der Waals surface area (Å²) in [5.41, 5.74) is 0.183. The first-order chi connectivity index (χ1) is 5.82. The van der Waals surface area contributed by atoms with Crippen LogP contribution in [0.5, 0.6) is 0 Å². The maximum atomic E-state index is 9.70. The second-order valence-electron chi connectivity index (χ2n) is 5.40. The zero-order valence-corrected chi connectivity index (χ0v) is 9.37. The average Bonchev–Trinajstić information content (AvgIpc) is 1.97. The van der Waals surface area contributed by atoms with Crippen molar-refractivity contribution in [3.05, 3.63) is 0 Å². The summed E-state index contributed by atoms with van der Waals surface area (Å²) in [6.07, 6.45) is 0.933. The molecule has 1 N–H and O–H groups in total. The van der Waals surface area contributed by atoms with E-state index >= 15 is 0 Å². The average molecular weight is 186 g/mol. The molecule has 2 nitrogen and oxygen atoms in total. The second kappa shape index (κ2) is 3.58. The smallest absolute Gasteiger partial charge is 0.0825 e. The summed E-state index contributed by atoms with van der Waals surface area (Å²) in [6.45, 7) is 10.6. The molecule has 0 aromatic rings. The molecule has 1 fully saturated rings. The maximum Gasteiger partial charge on any atom is 0.0825 e. The van der Waals surface area contributed by atoms with Gasteiger partial charge in [0.05, 0.1) is 18.3 Å². The minimum Gasteiger partial charge on any atom is -0.390 e. The molecule has 1 heterocycles. The molecule has 0 radical (unpaired) electrons. The van der Waals surface area contributed by atoms with Crippen LogP contribution in [0.25, 0.3) is 0 Å². The number of ether oxygens (including phenoxy) is 1. The van der Waals surface area contributed by atoms with E-state index in [4.69, 9.17) is 4.74 Å². The van der Waals surface area contributed by atoms with Gasteiger partial charge in [0.1, 0.15) is 0 Å². The van der Waals surface area contributed by atoms with E-state index in [-0.39, 0.29) is 23.7 Å². The number of aliphatic hydroxyl groups excluding tert-OH is 1. The van der Waals surface area contributed by atoms with Crippen molar-refractivity contribution in [3.63, 3.8) is 0 Å². The van der Waals surface area contributed by atoms with Gasteiger partial charge in [0.15, 0.2) is 0 Å². The van der Waals surface area contributed by atoms with Crippen LogP contribution in [0, 0.1) is 11.3 Å². The summed E-state index contributed by atoms with van der Waals surface area (Å²) in [5.74, 6) is 0.355. The Morgan fingerprint density at radius 2 is 1.77 bits per heavy atom. The molecule has 0 amide bonds. The van der Waals surface area contributed by atoms with Crippen molar-refractivity contribution in [2.45, 2.75) is 59.4 Å². The van der Waals surface area contributed by atoms with Gasteiger partial charge < -0.3 is 9.84 Å². The van der Waals surface area contributed by atoms with Gasteiger partial charge in [0.2, 0.25) is 0 Å². The summed E-state index contributed by atoms with van der Waals surface area (Å²) in [6, 6.07) is 0. The first kappa shape index (κ1) is 11.0. The highest BCUT2D eigenvalue weighted by atomic mass is 16.5. The van der Waals surface area contributed by atoms with Gasteiger partial charge in [-0.15, -0.1) is 0 Å². The molecule has 2 heteroatoms. The number of hydrogen-bond donors (Lipinski definition) is 1. The predicted octanol–water partition coefficient (Wildman–Crippen LogP) is 2.21. The Morgan fingerprint density at radius 1 is 1.23 bits per heavy atom. The van der Waals surface area contributed by atoms with Crippen molar-refractivity contribution in [1.82, 2.24) is 0 Å². The fourth-order valence-corrected chi connectivity index (χ4v) is 1.89. The Balaban J connectivity index is 2.64. The van der Waals surface area contributed by atoms with Gasteiger partial charge >= 0.3 is 0 Å². The highest BCUT2D eigenvalue weighted by Crippen LogP contribution is 2.34. The van der Waals surface area contributed by atoms with Gasteiger partial charge in [0, 0.05) is 0 Å². The maximum absolute atomic E-state index is 9.70. The van der Waals surface area contributed by atoms with Crippen LogP contribution in [0.15, 0.2) is 0 Å². The van der Waals surface area contributed by atoms with Crippen molar-refractivity contribution >= 4 is 0 Å². The highest BCUT2D eigenvalue weighted by molar-refractivity contribution is 4.86. The van der Waals surface area contributed by atoms with Crippen LogP contribution < -0.4 is 0 Å². The predicted molar refractivity (Wildman–Crippen MR) is 53.6 cm³/mol. The second-order valence-corrected chi connectivity index (χ2v) is 5.40. The van der Waals surface area contributed by atoms with Crippen LogP contribution in [0.2, 0.25) is 0 Å². The third-order valence-electron chi connectivity index (χ3n) is 2.99. The minimum absolute atomic E-state index is 0.0204. The van der Waals surface area contributed by atoms with Gasteiger partial charge in [0.25, 0.3) is 0 Å². The lowest BCUT2D eigenvalue weighted by Gasteiger charge is -2.42. The number of aliphatic hydroxyl groups is 1. The van der Waals surface area contributed by atoms with Crippen molar-refractivity contribution < 1.29 is 9.84 Å². The summed E-state index contributed by atoms with van der Waals surface area (Å²) in [7, 11) is 0. The standard InChI is InChI=1S/C11H22O2/c1-7-6-9(11(3,4)5)13-8(2)10(7)12/h7-10,12H,6H2,1-5H3/t7-,8?,9+,10?/m1/s1. The zero-order valence-electron chi connectivity index (χ0n) is 9.37. The van der Waals surface area contributed by atoms with Crippen LogP contribution in [-0.4, -0.2) is 23.4 Å². The van der Waals surface area contributed by atoms with Crippen molar-refractivity contribution in [2.24, 2.45) is 11.3 Å². The van der Waals surface area contributed by atoms with Crippen LogP contribution in [0.1, 0.15) is 41.0 Å². The quantitative estimate of drug-likeness (QED) is 0.628. The fourth-order valence-electron chi connectivity index (χ4n) is 1.89. The van der Waals surface area contributed by atoms with Crippen LogP contribution in [0.3, 0.4) is 0 Å². The molecule has 2 unspecified atom stereocenters. The fraction of sp³-hybridized carbons (Fsp3) is 1.00. The summed E-state index contributed by atoms with van der Waals surface area (Å²) < 4.78 is 5.78. The topological polar surface area (TPSA) is 29.5 Å². The monoisotopic (exact) mass is 186 g/mol. The Bertz CT molecular complexity index is 159. The van der Waals surface area contributed by atoms with E-state index in [2.05, 4.69) is 27.7 Å². The molecule has 1 rings (SSSR count). The number of hydrogen-bond acceptors (Lipinski definition) is 2. The molecule has 0 aromatic heterocycles. The molecule has 0 aromatic carbocycles.